The van der Waals surface area contributed by atoms with Crippen molar-refractivity contribution in [2.45, 2.75) is 32.6 Å². The van der Waals surface area contributed by atoms with Gasteiger partial charge in [0, 0.05) is 35.8 Å². The first-order chi connectivity index (χ1) is 10.9. The molecule has 0 aliphatic carbocycles. The summed E-state index contributed by atoms with van der Waals surface area (Å²) in [7, 11) is 1.67. The summed E-state index contributed by atoms with van der Waals surface area (Å²) in [5.74, 6) is 0.776. The zero-order valence-corrected chi connectivity index (χ0v) is 15.3. The van der Waals surface area contributed by atoms with Crippen molar-refractivity contribution in [3.05, 3.63) is 68.5 Å². The number of rotatable bonds is 6. The third-order valence-electron chi connectivity index (χ3n) is 3.94. The van der Waals surface area contributed by atoms with Gasteiger partial charge in [0.05, 0.1) is 0 Å². The minimum Gasteiger partial charge on any atom is -0.318 e. The van der Waals surface area contributed by atoms with E-state index in [-0.39, 0.29) is 17.3 Å². The fourth-order valence-electron chi connectivity index (χ4n) is 2.74. The molecule has 1 heterocycles. The van der Waals surface area contributed by atoms with Gasteiger partial charge < -0.3 is 4.57 Å². The number of benzene rings is 1. The Balaban J connectivity index is 2.22. The fraction of sp³-hybridized carbons (Fsp3) is 0.368. The second-order valence-corrected chi connectivity index (χ2v) is 7.29. The highest BCUT2D eigenvalue weighted by Gasteiger charge is 2.19. The molecule has 3 nitrogen and oxygen atoms in total. The summed E-state index contributed by atoms with van der Waals surface area (Å²) in [4.78, 5) is 24.1. The Morgan fingerprint density at radius 3 is 2.35 bits per heavy atom. The van der Waals surface area contributed by atoms with Gasteiger partial charge in [0.25, 0.3) is 0 Å². The molecule has 122 valence electrons. The van der Waals surface area contributed by atoms with Gasteiger partial charge in [-0.1, -0.05) is 41.9 Å². The number of carbonyl (C=O) groups excluding carboxylic acids is 1. The number of hydrogen-bond acceptors (Lipinski definition) is 2. The molecule has 1 aromatic heterocycles. The maximum atomic E-state index is 12.6. The summed E-state index contributed by atoms with van der Waals surface area (Å²) in [6, 6.07) is 11.2. The zero-order valence-electron chi connectivity index (χ0n) is 13.8. The topological polar surface area (TPSA) is 39.1 Å². The van der Waals surface area contributed by atoms with Crippen LogP contribution in [0.15, 0.2) is 51.9 Å². The van der Waals surface area contributed by atoms with E-state index in [0.29, 0.717) is 17.9 Å². The third kappa shape index (κ3) is 4.90. The molecule has 2 aromatic rings. The normalized spacial score (nSPS) is 12.4. The van der Waals surface area contributed by atoms with Crippen molar-refractivity contribution in [3.63, 3.8) is 0 Å². The molecule has 0 bridgehead atoms. The van der Waals surface area contributed by atoms with Gasteiger partial charge >= 0.3 is 0 Å². The number of nitrogens with zero attached hydrogens (tertiary/aromatic N) is 1. The standard InChI is InChI=1S/C19H22BrNO2/c1-13(2)10-16(14-4-7-17(20)8-5-14)11-18(22)15-6-9-19(23)21(3)12-15/h4-9,12-13,16H,10-11H2,1-3H3/t16-/m0/s1. The maximum Gasteiger partial charge on any atom is 0.250 e. The van der Waals surface area contributed by atoms with Gasteiger partial charge in [-0.2, -0.15) is 0 Å². The number of ketones is 1. The molecule has 0 saturated heterocycles. The monoisotopic (exact) mass is 375 g/mol. The number of Topliss-reactive ketones (excluding diaryl/α,β-unsaturated/α-hetero) is 1. The summed E-state index contributed by atoms with van der Waals surface area (Å²) in [6.07, 6.45) is 3.04. The molecule has 0 fully saturated rings. The largest absolute Gasteiger partial charge is 0.318 e. The molecular formula is C19H22BrNO2. The van der Waals surface area contributed by atoms with Crippen molar-refractivity contribution in [1.82, 2.24) is 4.57 Å². The number of pyridine rings is 1. The molecule has 0 unspecified atom stereocenters. The highest BCUT2D eigenvalue weighted by atomic mass is 79.9. The van der Waals surface area contributed by atoms with Crippen LogP contribution in [0.4, 0.5) is 0 Å². The Hall–Kier alpha value is -1.68. The number of hydrogen-bond donors (Lipinski definition) is 0. The lowest BCUT2D eigenvalue weighted by Gasteiger charge is -2.19. The number of aryl methyl sites for hydroxylation is 1. The smallest absolute Gasteiger partial charge is 0.250 e. The predicted octanol–water partition coefficient (Wildman–Crippen LogP) is 4.55. The van der Waals surface area contributed by atoms with Gasteiger partial charge in [0.15, 0.2) is 5.78 Å². The van der Waals surface area contributed by atoms with E-state index in [1.54, 1.807) is 19.3 Å². The van der Waals surface area contributed by atoms with Crippen LogP contribution in [0.1, 0.15) is 48.5 Å². The summed E-state index contributed by atoms with van der Waals surface area (Å²) in [5.41, 5.74) is 1.67. The van der Waals surface area contributed by atoms with E-state index >= 15 is 0 Å². The first kappa shape index (κ1) is 17.7. The molecular weight excluding hydrogens is 354 g/mol. The van der Waals surface area contributed by atoms with E-state index in [1.165, 1.54) is 16.2 Å². The van der Waals surface area contributed by atoms with Gasteiger partial charge in [-0.3, -0.25) is 9.59 Å². The Bertz CT molecular complexity index is 732. The van der Waals surface area contributed by atoms with Gasteiger partial charge in [-0.05, 0) is 42.0 Å². The molecule has 4 heteroatoms. The van der Waals surface area contributed by atoms with Gasteiger partial charge in [0.1, 0.15) is 0 Å². The fourth-order valence-corrected chi connectivity index (χ4v) is 3.01. The van der Waals surface area contributed by atoms with E-state index in [9.17, 15) is 9.59 Å². The second kappa shape index (κ2) is 7.73. The van der Waals surface area contributed by atoms with E-state index in [2.05, 4.69) is 41.9 Å². The Kier molecular flexibility index (Phi) is 5.94. The van der Waals surface area contributed by atoms with Crippen LogP contribution < -0.4 is 5.56 Å². The van der Waals surface area contributed by atoms with Crippen molar-refractivity contribution in [3.8, 4) is 0 Å². The third-order valence-corrected chi connectivity index (χ3v) is 4.47. The van der Waals surface area contributed by atoms with Gasteiger partial charge in [-0.25, -0.2) is 0 Å². The van der Waals surface area contributed by atoms with Crippen LogP contribution in [0.3, 0.4) is 0 Å². The minimum absolute atomic E-state index is 0.0779. The van der Waals surface area contributed by atoms with Crippen molar-refractivity contribution < 1.29 is 4.79 Å². The van der Waals surface area contributed by atoms with Crippen LogP contribution in [0.5, 0.6) is 0 Å². The number of halogens is 1. The molecule has 23 heavy (non-hydrogen) atoms. The van der Waals surface area contributed by atoms with E-state index < -0.39 is 0 Å². The Morgan fingerprint density at radius 1 is 1.13 bits per heavy atom. The first-order valence-electron chi connectivity index (χ1n) is 7.82. The van der Waals surface area contributed by atoms with Crippen LogP contribution in [-0.2, 0) is 7.05 Å². The quantitative estimate of drug-likeness (QED) is 0.694. The minimum atomic E-state index is -0.104. The second-order valence-electron chi connectivity index (χ2n) is 6.37. The van der Waals surface area contributed by atoms with Crippen LogP contribution >= 0.6 is 15.9 Å². The molecule has 1 atom stereocenters. The van der Waals surface area contributed by atoms with Gasteiger partial charge in [0.2, 0.25) is 5.56 Å². The Labute approximate surface area is 145 Å². The van der Waals surface area contributed by atoms with Crippen LogP contribution in [0, 0.1) is 5.92 Å². The summed E-state index contributed by atoms with van der Waals surface area (Å²) < 4.78 is 2.48. The molecule has 2 rings (SSSR count). The van der Waals surface area contributed by atoms with E-state index in [0.717, 1.165) is 10.9 Å². The molecule has 0 aliphatic rings. The Morgan fingerprint density at radius 2 is 1.78 bits per heavy atom. The molecule has 0 spiro atoms. The van der Waals surface area contributed by atoms with Crippen LogP contribution in [0.25, 0.3) is 0 Å². The van der Waals surface area contributed by atoms with Gasteiger partial charge in [-0.15, -0.1) is 0 Å². The van der Waals surface area contributed by atoms with Crippen LogP contribution in [0.2, 0.25) is 0 Å². The molecule has 0 amide bonds. The highest BCUT2D eigenvalue weighted by Crippen LogP contribution is 2.29. The maximum absolute atomic E-state index is 12.6. The van der Waals surface area contributed by atoms with Crippen molar-refractivity contribution in [2.75, 3.05) is 0 Å². The van der Waals surface area contributed by atoms with Crippen molar-refractivity contribution in [2.24, 2.45) is 13.0 Å². The van der Waals surface area contributed by atoms with E-state index in [1.807, 2.05) is 12.1 Å². The predicted molar refractivity (Wildman–Crippen MR) is 97.0 cm³/mol. The lowest BCUT2D eigenvalue weighted by atomic mass is 9.85. The van der Waals surface area contributed by atoms with E-state index in [4.69, 9.17) is 0 Å². The average Bonchev–Trinajstić information content (AvgIpc) is 2.49. The van der Waals surface area contributed by atoms with Crippen LogP contribution in [-0.4, -0.2) is 10.4 Å². The molecule has 0 N–H and O–H groups in total. The van der Waals surface area contributed by atoms with Crippen molar-refractivity contribution >= 4 is 21.7 Å². The number of aromatic nitrogens is 1. The summed E-state index contributed by atoms with van der Waals surface area (Å²) >= 11 is 3.45. The molecule has 0 saturated carbocycles. The lowest BCUT2D eigenvalue weighted by molar-refractivity contribution is 0.0969. The zero-order chi connectivity index (χ0) is 17.0. The highest BCUT2D eigenvalue weighted by molar-refractivity contribution is 9.10. The van der Waals surface area contributed by atoms with Crippen molar-refractivity contribution in [1.29, 1.82) is 0 Å². The summed E-state index contributed by atoms with van der Waals surface area (Å²) in [6.45, 7) is 4.34. The molecule has 1 aromatic carbocycles. The summed E-state index contributed by atoms with van der Waals surface area (Å²) in [5, 5.41) is 0. The first-order valence-corrected chi connectivity index (χ1v) is 8.61. The number of carbonyl (C=O) groups is 1. The molecule has 0 aliphatic heterocycles. The average molecular weight is 376 g/mol. The lowest BCUT2D eigenvalue weighted by Crippen LogP contribution is -2.17. The molecule has 0 radical (unpaired) electrons. The SMILES string of the molecule is CC(C)C[C@@H](CC(=O)c1ccc(=O)n(C)c1)c1ccc(Br)cc1.